The van der Waals surface area contributed by atoms with Gasteiger partial charge in [0.2, 0.25) is 0 Å². The van der Waals surface area contributed by atoms with Crippen molar-refractivity contribution in [1.82, 2.24) is 24.9 Å². The van der Waals surface area contributed by atoms with Crippen LogP contribution in [-0.2, 0) is 66.7 Å². The summed E-state index contributed by atoms with van der Waals surface area (Å²) < 4.78 is 0. The van der Waals surface area contributed by atoms with Crippen LogP contribution in [0.4, 0.5) is 34.1 Å². The predicted octanol–water partition coefficient (Wildman–Crippen LogP) is 30.2. The van der Waals surface area contributed by atoms with E-state index in [4.69, 9.17) is 10.2 Å². The Bertz CT molecular complexity index is 6710. The second kappa shape index (κ2) is 43.7. The fraction of sp³-hybridized carbons (Fsp3) is 0.0948. The quantitative estimate of drug-likeness (QED) is 0.0702. The molecule has 2 N–H and O–H groups in total. The van der Waals surface area contributed by atoms with Gasteiger partial charge in [0.1, 0.15) is 0 Å². The molecule has 19 aromatic rings. The van der Waals surface area contributed by atoms with Gasteiger partial charge in [-0.15, -0.1) is 125 Å². The number of aryl methyl sites for hydroxylation is 4. The van der Waals surface area contributed by atoms with Gasteiger partial charge in [-0.2, -0.15) is 0 Å². The summed E-state index contributed by atoms with van der Waals surface area (Å²) in [4.78, 5) is 27.2. The van der Waals surface area contributed by atoms with E-state index in [2.05, 4.69) is 341 Å². The zero-order chi connectivity index (χ0) is 83.5. The summed E-state index contributed by atoms with van der Waals surface area (Å²) >= 11 is 0. The van der Waals surface area contributed by atoms with Gasteiger partial charge in [-0.05, 0) is 202 Å². The molecule has 4 aromatic heterocycles. The second-order valence-corrected chi connectivity index (χ2v) is 30.4. The van der Waals surface area contributed by atoms with Crippen LogP contribution >= 0.6 is 0 Å². The Morgan fingerprint density at radius 1 is 0.391 bits per heavy atom. The maximum Gasteiger partial charge on any atom is 2.00 e. The summed E-state index contributed by atoms with van der Waals surface area (Å²) in [6.07, 6.45) is 8.05. The van der Waals surface area contributed by atoms with E-state index < -0.39 is 11.5 Å². The standard InChI is InChI=1S/C49H33N.C31H25N3.C17H11N2.C11H8N.C5H10O2.3CH4.2Ir.Pt.H2/c1-3-15-34(16-4-1)35-27-29-37(30-28-35)50(48-26-14-10-19-39(48)36-17-5-2-6-18-36)38-31-32-43-42-22-9-13-25-46(42)49(47(43)33-38)44-23-11-7-20-40(44)41-21-8-12-24-45(41)49;1-22-18-23(2)31(24(3)19-22)34(27-12-8-10-25(20-27)29-14-4-6-16-32-29)28-13-9-11-26(21-28)30-15-5-7-17-33-30;1-11-10-18-16-14-8-4-2-6-12(14)13-7-3-5-9-15(13)17(16)19-11;1-2-6-10(7-3-1)11-8-4-5-9-12-11;1-4(6)3-5(2)7;;;;;;;/h1-33H;4-19H,1-3H3;2-7,9-10H,1H3;1-6,8-9H;3-4,6-7H,1-2H3;3*1H4;;;;1H/q;-2;2*-1;;;;;;;+2;. The minimum absolute atomic E-state index is 0. The molecule has 1 unspecified atom stereocenters. The van der Waals surface area contributed by atoms with Gasteiger partial charge in [-0.1, -0.05) is 281 Å². The predicted molar refractivity (Wildman–Crippen MR) is 525 cm³/mol. The van der Waals surface area contributed by atoms with Gasteiger partial charge >= 0.3 is 21.1 Å². The van der Waals surface area contributed by atoms with Crippen LogP contribution in [0.3, 0.4) is 0 Å². The van der Waals surface area contributed by atoms with Gasteiger partial charge < -0.3 is 39.9 Å². The summed E-state index contributed by atoms with van der Waals surface area (Å²) in [6, 6.07) is 144. The molecule has 128 heavy (non-hydrogen) atoms. The van der Waals surface area contributed by atoms with Crippen LogP contribution in [0.25, 0.3) is 111 Å². The molecule has 21 rings (SSSR count). The maximum absolute atomic E-state index is 8.49. The van der Waals surface area contributed by atoms with Gasteiger partial charge in [0, 0.05) is 94.6 Å². The molecule has 0 bridgehead atoms. The minimum Gasteiger partial charge on any atom is -0.513 e. The fourth-order valence-corrected chi connectivity index (χ4v) is 17.1. The first-order valence-electron chi connectivity index (χ1n) is 41.0. The van der Waals surface area contributed by atoms with E-state index in [1.165, 1.54) is 107 Å². The first kappa shape index (κ1) is 95.4. The normalized spacial score (nSPS) is 11.4. The number of benzene rings is 15. The molecule has 0 amide bonds. The molecule has 15 aromatic carbocycles. The third-order valence-electron chi connectivity index (χ3n) is 22.1. The van der Waals surface area contributed by atoms with Crippen LogP contribution in [-0.4, -0.2) is 41.2 Å². The number of anilines is 6. The van der Waals surface area contributed by atoms with Crippen LogP contribution in [0.2, 0.25) is 0 Å². The number of aliphatic hydroxyl groups excluding tert-OH is 2. The second-order valence-electron chi connectivity index (χ2n) is 30.4. The third kappa shape index (κ3) is 20.1. The molecule has 1 atom stereocenters. The van der Waals surface area contributed by atoms with Crippen LogP contribution in [0.1, 0.15) is 82.2 Å². The Hall–Kier alpha value is -13.3. The average Bonchev–Trinajstić information content (AvgIpc) is 1.51. The summed E-state index contributed by atoms with van der Waals surface area (Å²) in [5, 5.41) is 21.5. The number of rotatable bonds is 12. The van der Waals surface area contributed by atoms with Crippen LogP contribution in [0, 0.1) is 52.0 Å². The van der Waals surface area contributed by atoms with Crippen molar-refractivity contribution in [2.45, 2.75) is 75.3 Å². The molecule has 2 aliphatic carbocycles. The number of aromatic nitrogens is 5. The number of pyridine rings is 3. The van der Waals surface area contributed by atoms with E-state index in [-0.39, 0.29) is 90.7 Å². The van der Waals surface area contributed by atoms with E-state index in [1.807, 2.05) is 135 Å². The average molecular weight is 2200 g/mol. The van der Waals surface area contributed by atoms with Crippen molar-refractivity contribution in [1.29, 1.82) is 0 Å². The van der Waals surface area contributed by atoms with Crippen molar-refractivity contribution in [3.8, 4) is 78.3 Å². The number of hydrogen-bond acceptors (Lipinski definition) is 9. The maximum atomic E-state index is 8.49. The van der Waals surface area contributed by atoms with E-state index in [0.29, 0.717) is 0 Å². The Labute approximate surface area is 796 Å². The number of allylic oxidation sites excluding steroid dienone is 1. The molecule has 0 fully saturated rings. The zero-order valence-electron chi connectivity index (χ0n) is 69.7. The number of nitrogens with zero attached hydrogens (tertiary/aromatic N) is 7. The molecule has 642 valence electrons. The van der Waals surface area contributed by atoms with Crippen molar-refractivity contribution >= 4 is 66.7 Å². The fourth-order valence-electron chi connectivity index (χ4n) is 17.1. The molecule has 9 nitrogen and oxygen atoms in total. The van der Waals surface area contributed by atoms with Gasteiger partial charge in [0.05, 0.1) is 34.2 Å². The molecular formula is C116H101Ir2N7O2Pt-2. The molecule has 4 heterocycles. The smallest absolute Gasteiger partial charge is 0.513 e. The summed E-state index contributed by atoms with van der Waals surface area (Å²) in [5.74, 6) is 0.162. The Kier molecular flexibility index (Phi) is 32.6. The molecular weight excluding hydrogens is 2100 g/mol. The molecule has 1 spiro atoms. The Balaban J connectivity index is 0.000000189. The molecule has 12 heteroatoms. The van der Waals surface area contributed by atoms with Crippen molar-refractivity contribution in [3.63, 3.8) is 0 Å². The first-order valence-corrected chi connectivity index (χ1v) is 41.0. The molecule has 2 aliphatic rings. The largest absolute Gasteiger partial charge is 2.00 e. The third-order valence-corrected chi connectivity index (χ3v) is 22.1. The van der Waals surface area contributed by atoms with Gasteiger partial charge in [0.15, 0.2) is 0 Å². The van der Waals surface area contributed by atoms with Crippen molar-refractivity contribution in [3.05, 3.63) is 476 Å². The van der Waals surface area contributed by atoms with E-state index >= 15 is 0 Å². The molecule has 0 saturated carbocycles. The number of fused-ring (bicyclic) bond motifs is 16. The van der Waals surface area contributed by atoms with Crippen molar-refractivity contribution in [2.75, 3.05) is 9.80 Å². The monoisotopic (exact) mass is 2200 g/mol. The summed E-state index contributed by atoms with van der Waals surface area (Å²) in [7, 11) is 0. The number of aliphatic hydroxyl groups is 2. The van der Waals surface area contributed by atoms with Gasteiger partial charge in [-0.3, -0.25) is 4.98 Å². The van der Waals surface area contributed by atoms with Gasteiger partial charge in [-0.25, -0.2) is 0 Å². The summed E-state index contributed by atoms with van der Waals surface area (Å²) in [5.41, 5.74) is 33.6. The summed E-state index contributed by atoms with van der Waals surface area (Å²) in [6.45, 7) is 11.5. The number of para-hydroxylation sites is 1. The van der Waals surface area contributed by atoms with Crippen molar-refractivity contribution in [2.24, 2.45) is 0 Å². The van der Waals surface area contributed by atoms with Gasteiger partial charge in [0.25, 0.3) is 0 Å². The molecule has 2 radical (unpaired) electrons. The topological polar surface area (TPSA) is 111 Å². The molecule has 0 aliphatic heterocycles. The SMILES string of the molecule is C.C.C.CC(O)=CC(C)O.Cc1cc(C)c(N(c2[c-]c(-c3ccccn3)ccc2)c2[c-]c(-c3ccccn3)ccc2)c(C)c1.Cc1cnc2c3[c-]cccc3c3ccccc3c2n1.[HH].[Ir].[Ir].[Pt+2].[c-]1ccccc1-c1ccccn1.c1ccc(-c2ccc(N(c3ccc4c(c3)C3(c5ccccc5-c5ccccc53)c3ccccc3-4)c3ccccc3-c3ccccc3)cc2)cc1. The van der Waals surface area contributed by atoms with Crippen LogP contribution < -0.4 is 9.80 Å². The van der Waals surface area contributed by atoms with Crippen molar-refractivity contribution < 1.29 is 72.9 Å². The first-order chi connectivity index (χ1) is 59.9. The molecule has 0 saturated heterocycles. The Morgan fingerprint density at radius 2 is 0.836 bits per heavy atom. The van der Waals surface area contributed by atoms with E-state index in [1.54, 1.807) is 13.1 Å². The zero-order valence-corrected chi connectivity index (χ0v) is 76.8. The Morgan fingerprint density at radius 3 is 1.35 bits per heavy atom. The van der Waals surface area contributed by atoms with Crippen LogP contribution in [0.5, 0.6) is 0 Å². The van der Waals surface area contributed by atoms with Crippen LogP contribution in [0.15, 0.2) is 407 Å². The van der Waals surface area contributed by atoms with E-state index in [0.717, 1.165) is 95.4 Å². The number of hydrogen-bond donors (Lipinski definition) is 2. The minimum atomic E-state index is -0.537. The van der Waals surface area contributed by atoms with E-state index in [9.17, 15) is 0 Å².